The molecule has 0 aliphatic heterocycles. The molecule has 0 amide bonds. The summed E-state index contributed by atoms with van der Waals surface area (Å²) < 4.78 is 19.2. The van der Waals surface area contributed by atoms with Crippen LogP contribution >= 0.6 is 15.9 Å². The van der Waals surface area contributed by atoms with Gasteiger partial charge in [-0.1, -0.05) is 65.3 Å². The standard InChI is InChI=1S/C17H18BrFO/c1-12(16(18)13-7-4-3-5-8-13)11-14-9-6-10-15(20-2)17(14)19/h3-10,12,16H,11H2,1-2H3. The molecule has 0 aromatic heterocycles. The maximum Gasteiger partial charge on any atom is 0.168 e. The van der Waals surface area contributed by atoms with Crippen LogP contribution in [0.25, 0.3) is 0 Å². The lowest BCUT2D eigenvalue weighted by Crippen LogP contribution is -2.08. The molecule has 0 heterocycles. The average Bonchev–Trinajstić information content (AvgIpc) is 2.49. The van der Waals surface area contributed by atoms with E-state index in [0.29, 0.717) is 17.7 Å². The molecule has 0 saturated carbocycles. The minimum Gasteiger partial charge on any atom is -0.494 e. The number of methoxy groups -OCH3 is 1. The number of halogens is 2. The molecule has 20 heavy (non-hydrogen) atoms. The normalized spacial score (nSPS) is 13.8. The molecule has 0 saturated heterocycles. The van der Waals surface area contributed by atoms with Crippen LogP contribution in [0.1, 0.15) is 22.9 Å². The van der Waals surface area contributed by atoms with Gasteiger partial charge in [0.1, 0.15) is 0 Å². The summed E-state index contributed by atoms with van der Waals surface area (Å²) in [4.78, 5) is 0.203. The van der Waals surface area contributed by atoms with E-state index in [0.717, 1.165) is 0 Å². The molecule has 2 aromatic carbocycles. The molecule has 2 aromatic rings. The van der Waals surface area contributed by atoms with Gasteiger partial charge in [0, 0.05) is 4.83 Å². The lowest BCUT2D eigenvalue weighted by Gasteiger charge is -2.19. The van der Waals surface area contributed by atoms with Gasteiger partial charge in [0.25, 0.3) is 0 Å². The fourth-order valence-corrected chi connectivity index (χ4v) is 2.78. The van der Waals surface area contributed by atoms with Gasteiger partial charge in [-0.3, -0.25) is 0 Å². The van der Waals surface area contributed by atoms with Crippen LogP contribution in [0.2, 0.25) is 0 Å². The topological polar surface area (TPSA) is 9.23 Å². The second-order valence-electron chi connectivity index (χ2n) is 4.93. The first-order valence-corrected chi connectivity index (χ1v) is 7.55. The number of benzene rings is 2. The minimum absolute atomic E-state index is 0.203. The number of rotatable bonds is 5. The highest BCUT2D eigenvalue weighted by Crippen LogP contribution is 2.34. The molecule has 1 nitrogen and oxygen atoms in total. The summed E-state index contributed by atoms with van der Waals surface area (Å²) in [6.07, 6.45) is 0.661. The Labute approximate surface area is 127 Å². The van der Waals surface area contributed by atoms with Crippen LogP contribution < -0.4 is 4.74 Å². The predicted molar refractivity (Wildman–Crippen MR) is 83.9 cm³/mol. The van der Waals surface area contributed by atoms with Crippen LogP contribution in [0.3, 0.4) is 0 Å². The summed E-state index contributed by atoms with van der Waals surface area (Å²) in [7, 11) is 1.49. The highest BCUT2D eigenvalue weighted by molar-refractivity contribution is 9.09. The third-order valence-corrected chi connectivity index (χ3v) is 4.85. The second kappa shape index (κ2) is 6.89. The maximum atomic E-state index is 14.2. The van der Waals surface area contributed by atoms with Crippen LogP contribution in [-0.2, 0) is 6.42 Å². The summed E-state index contributed by atoms with van der Waals surface area (Å²) in [5.41, 5.74) is 1.90. The number of hydrogen-bond donors (Lipinski definition) is 0. The molecule has 2 unspecified atom stereocenters. The van der Waals surface area contributed by atoms with E-state index in [1.54, 1.807) is 6.07 Å². The molecule has 0 radical (unpaired) electrons. The van der Waals surface area contributed by atoms with Crippen LogP contribution in [0.15, 0.2) is 48.5 Å². The SMILES string of the molecule is COc1cccc(CC(C)C(Br)c2ccccc2)c1F. The Balaban J connectivity index is 2.14. The first kappa shape index (κ1) is 15.0. The molecule has 0 fully saturated rings. The molecule has 3 heteroatoms. The van der Waals surface area contributed by atoms with Crippen LogP contribution in [-0.4, -0.2) is 7.11 Å². The molecular formula is C17H18BrFO. The third kappa shape index (κ3) is 3.40. The van der Waals surface area contributed by atoms with Gasteiger partial charge < -0.3 is 4.74 Å². The Morgan fingerprint density at radius 2 is 1.80 bits per heavy atom. The first-order valence-electron chi connectivity index (χ1n) is 6.64. The van der Waals surface area contributed by atoms with Crippen molar-refractivity contribution in [1.82, 2.24) is 0 Å². The van der Waals surface area contributed by atoms with Crippen LogP contribution in [0, 0.1) is 11.7 Å². The van der Waals surface area contributed by atoms with E-state index < -0.39 is 0 Å². The molecule has 0 N–H and O–H groups in total. The summed E-state index contributed by atoms with van der Waals surface area (Å²) in [6.45, 7) is 2.12. The summed E-state index contributed by atoms with van der Waals surface area (Å²) >= 11 is 3.72. The summed E-state index contributed by atoms with van der Waals surface area (Å²) in [5.74, 6) is 0.328. The van der Waals surface area contributed by atoms with Gasteiger partial charge in [-0.05, 0) is 29.5 Å². The Morgan fingerprint density at radius 1 is 1.10 bits per heavy atom. The zero-order valence-corrected chi connectivity index (χ0v) is 13.2. The number of hydrogen-bond acceptors (Lipinski definition) is 1. The molecule has 0 spiro atoms. The quantitative estimate of drug-likeness (QED) is 0.686. The monoisotopic (exact) mass is 336 g/mol. The zero-order chi connectivity index (χ0) is 14.5. The molecule has 0 aliphatic carbocycles. The number of alkyl halides is 1. The van der Waals surface area contributed by atoms with Gasteiger partial charge in [-0.2, -0.15) is 0 Å². The Hall–Kier alpha value is -1.35. The highest BCUT2D eigenvalue weighted by atomic mass is 79.9. The smallest absolute Gasteiger partial charge is 0.168 e. The fraction of sp³-hybridized carbons (Fsp3) is 0.294. The van der Waals surface area contributed by atoms with Crippen LogP contribution in [0.4, 0.5) is 4.39 Å². The van der Waals surface area contributed by atoms with Crippen molar-refractivity contribution in [2.45, 2.75) is 18.2 Å². The minimum atomic E-state index is -0.255. The van der Waals surface area contributed by atoms with E-state index in [2.05, 4.69) is 35.0 Å². The Morgan fingerprint density at radius 3 is 2.45 bits per heavy atom. The molecule has 0 bridgehead atoms. The summed E-state index contributed by atoms with van der Waals surface area (Å²) in [6, 6.07) is 15.5. The number of ether oxygens (including phenoxy) is 1. The first-order chi connectivity index (χ1) is 9.63. The fourth-order valence-electron chi connectivity index (χ4n) is 2.29. The molecule has 106 valence electrons. The Bertz CT molecular complexity index is 556. The van der Waals surface area contributed by atoms with Crippen molar-refractivity contribution in [3.63, 3.8) is 0 Å². The van der Waals surface area contributed by atoms with Gasteiger partial charge in [-0.25, -0.2) is 4.39 Å². The third-order valence-electron chi connectivity index (χ3n) is 3.42. The maximum absolute atomic E-state index is 14.2. The van der Waals surface area contributed by atoms with Crippen molar-refractivity contribution in [1.29, 1.82) is 0 Å². The van der Waals surface area contributed by atoms with E-state index in [-0.39, 0.29) is 16.6 Å². The zero-order valence-electron chi connectivity index (χ0n) is 11.6. The van der Waals surface area contributed by atoms with Gasteiger partial charge in [0.2, 0.25) is 0 Å². The van der Waals surface area contributed by atoms with Crippen molar-refractivity contribution >= 4 is 15.9 Å². The largest absolute Gasteiger partial charge is 0.494 e. The van der Waals surface area contributed by atoms with Crippen molar-refractivity contribution in [3.8, 4) is 5.75 Å². The van der Waals surface area contributed by atoms with Gasteiger partial charge in [0.05, 0.1) is 7.11 Å². The van der Waals surface area contributed by atoms with Crippen molar-refractivity contribution < 1.29 is 9.13 Å². The van der Waals surface area contributed by atoms with Crippen molar-refractivity contribution in [2.75, 3.05) is 7.11 Å². The van der Waals surface area contributed by atoms with E-state index in [9.17, 15) is 4.39 Å². The average molecular weight is 337 g/mol. The van der Waals surface area contributed by atoms with Gasteiger partial charge in [-0.15, -0.1) is 0 Å². The van der Waals surface area contributed by atoms with E-state index >= 15 is 0 Å². The molecule has 2 rings (SSSR count). The highest BCUT2D eigenvalue weighted by Gasteiger charge is 2.19. The van der Waals surface area contributed by atoms with Crippen molar-refractivity contribution in [2.24, 2.45) is 5.92 Å². The van der Waals surface area contributed by atoms with Crippen molar-refractivity contribution in [3.05, 3.63) is 65.5 Å². The molecule has 0 aliphatic rings. The predicted octanol–water partition coefficient (Wildman–Crippen LogP) is 5.15. The molecular weight excluding hydrogens is 319 g/mol. The lowest BCUT2D eigenvalue weighted by atomic mass is 9.94. The van der Waals surface area contributed by atoms with Crippen LogP contribution in [0.5, 0.6) is 5.75 Å². The van der Waals surface area contributed by atoms with E-state index in [1.165, 1.54) is 12.7 Å². The van der Waals surface area contributed by atoms with Gasteiger partial charge >= 0.3 is 0 Å². The second-order valence-corrected chi connectivity index (χ2v) is 5.91. The van der Waals surface area contributed by atoms with Gasteiger partial charge in [0.15, 0.2) is 11.6 Å². The van der Waals surface area contributed by atoms with E-state index in [4.69, 9.17) is 4.74 Å². The molecule has 2 atom stereocenters. The summed E-state index contributed by atoms with van der Waals surface area (Å²) in [5, 5.41) is 0. The van der Waals surface area contributed by atoms with E-state index in [1.807, 2.05) is 30.3 Å². The Kier molecular flexibility index (Phi) is 5.18. The lowest BCUT2D eigenvalue weighted by molar-refractivity contribution is 0.382.